The zero-order valence-electron chi connectivity index (χ0n) is 16.3. The third kappa shape index (κ3) is 2.29. The monoisotopic (exact) mass is 426 g/mol. The highest BCUT2D eigenvalue weighted by atomic mass is 32.2. The molecule has 0 N–H and O–H groups in total. The number of hydrogen-bond acceptors (Lipinski definition) is 6. The number of anilines is 1. The third-order valence-corrected chi connectivity index (χ3v) is 8.02. The topological polar surface area (TPSA) is 118 Å². The lowest BCUT2D eigenvalue weighted by Crippen LogP contribution is -2.56. The highest BCUT2D eigenvalue weighted by Crippen LogP contribution is 2.44. The molecule has 5 rings (SSSR count). The molecule has 10 nitrogen and oxygen atoms in total. The lowest BCUT2D eigenvalue weighted by atomic mass is 10.1. The van der Waals surface area contributed by atoms with E-state index in [1.165, 1.54) is 29.4 Å². The molecular weight excluding hydrogens is 408 g/mol. The van der Waals surface area contributed by atoms with E-state index in [4.69, 9.17) is 0 Å². The molecule has 11 heteroatoms. The fourth-order valence-corrected chi connectivity index (χ4v) is 6.08. The number of amides is 3. The summed E-state index contributed by atoms with van der Waals surface area (Å²) < 4.78 is 27.8. The maximum Gasteiger partial charge on any atom is 0.332 e. The first-order valence-electron chi connectivity index (χ1n) is 9.40. The Labute approximate surface area is 173 Å². The Kier molecular flexibility index (Phi) is 3.92. The number of fused-ring (bicyclic) bond motifs is 6. The number of imide groups is 1. The van der Waals surface area contributed by atoms with Crippen LogP contribution in [0.3, 0.4) is 0 Å². The van der Waals surface area contributed by atoms with E-state index in [2.05, 4.69) is 11.1 Å². The van der Waals surface area contributed by atoms with Gasteiger partial charge in [0.15, 0.2) is 0 Å². The van der Waals surface area contributed by atoms with Crippen molar-refractivity contribution in [1.29, 1.82) is 5.26 Å². The molecule has 3 aliphatic heterocycles. The zero-order chi connectivity index (χ0) is 21.4. The summed E-state index contributed by atoms with van der Waals surface area (Å²) >= 11 is 0. The summed E-state index contributed by atoms with van der Waals surface area (Å²) in [6.07, 6.45) is 1.99. The number of carbonyl (C=O) groups is 2. The first-order valence-corrected chi connectivity index (χ1v) is 10.8. The van der Waals surface area contributed by atoms with Crippen molar-refractivity contribution in [2.24, 2.45) is 0 Å². The summed E-state index contributed by atoms with van der Waals surface area (Å²) in [5.74, 6) is -0.457. The molecule has 3 amide bonds. The fourth-order valence-electron chi connectivity index (χ4n) is 4.75. The van der Waals surface area contributed by atoms with Gasteiger partial charge in [0.25, 0.3) is 16.1 Å². The number of nitrogens with zero attached hydrogens (tertiary/aromatic N) is 6. The van der Waals surface area contributed by atoms with Gasteiger partial charge in [-0.05, 0) is 30.7 Å². The predicted molar refractivity (Wildman–Crippen MR) is 106 cm³/mol. The van der Waals surface area contributed by atoms with Crippen molar-refractivity contribution in [2.45, 2.75) is 24.5 Å². The van der Waals surface area contributed by atoms with Gasteiger partial charge in [-0.2, -0.15) is 22.3 Å². The summed E-state index contributed by atoms with van der Waals surface area (Å²) in [7, 11) is -0.806. The average Bonchev–Trinajstić information content (AvgIpc) is 3.39. The zero-order valence-corrected chi connectivity index (χ0v) is 17.1. The number of hydrogen-bond donors (Lipinski definition) is 0. The molecule has 0 spiro atoms. The maximum absolute atomic E-state index is 13.4. The molecule has 4 heterocycles. The van der Waals surface area contributed by atoms with Crippen molar-refractivity contribution in [3.05, 3.63) is 36.0 Å². The van der Waals surface area contributed by atoms with Crippen molar-refractivity contribution in [1.82, 2.24) is 18.5 Å². The van der Waals surface area contributed by atoms with Gasteiger partial charge in [0.1, 0.15) is 12.1 Å². The van der Waals surface area contributed by atoms with Crippen molar-refractivity contribution in [3.8, 4) is 6.07 Å². The molecule has 1 aromatic heterocycles. The number of urea groups is 1. The number of benzene rings is 1. The van der Waals surface area contributed by atoms with E-state index in [-0.39, 0.29) is 12.6 Å². The highest BCUT2D eigenvalue weighted by molar-refractivity contribution is 7.86. The molecule has 30 heavy (non-hydrogen) atoms. The molecule has 0 aliphatic carbocycles. The standard InChI is InChI=1S/C19H18N6O4S/c1-22(2)30(28,29)23-10-12-8-15(23)17-18(26)25(19(27)24(12)17)14-6-5-11(9-20)16-13(14)4-3-7-21-16/h3-7,12,15,17H,8,10H2,1-2H3/t12-,15?,17-/m1/s1. The van der Waals surface area contributed by atoms with Crippen LogP contribution in [0, 0.1) is 11.3 Å². The SMILES string of the molecule is CN(C)S(=O)(=O)N1C[C@H]2CC1[C@@H]1C(=O)N(c3ccc(C#N)c4ncccc34)C(=O)N21. The van der Waals surface area contributed by atoms with E-state index in [9.17, 15) is 23.3 Å². The Morgan fingerprint density at radius 1 is 1.23 bits per heavy atom. The maximum atomic E-state index is 13.4. The minimum atomic E-state index is -3.70. The molecular formula is C19H18N6O4S. The van der Waals surface area contributed by atoms with Crippen LogP contribution >= 0.6 is 0 Å². The van der Waals surface area contributed by atoms with Crippen LogP contribution in [0.1, 0.15) is 12.0 Å². The summed E-state index contributed by atoms with van der Waals surface area (Å²) in [6, 6.07) is 6.29. The van der Waals surface area contributed by atoms with E-state index >= 15 is 0 Å². The van der Waals surface area contributed by atoms with Gasteiger partial charge in [-0.1, -0.05) is 0 Å². The third-order valence-electron chi connectivity index (χ3n) is 6.08. The Hall–Kier alpha value is -3.07. The summed E-state index contributed by atoms with van der Waals surface area (Å²) in [5.41, 5.74) is 1.10. The number of pyridine rings is 1. The van der Waals surface area contributed by atoms with Gasteiger partial charge in [0, 0.05) is 38.3 Å². The second-order valence-corrected chi connectivity index (χ2v) is 9.86. The predicted octanol–water partition coefficient (Wildman–Crippen LogP) is 0.507. The average molecular weight is 426 g/mol. The van der Waals surface area contributed by atoms with E-state index < -0.39 is 34.2 Å². The molecule has 0 saturated carbocycles. The second-order valence-electron chi connectivity index (χ2n) is 7.77. The summed E-state index contributed by atoms with van der Waals surface area (Å²) in [5, 5.41) is 9.86. The van der Waals surface area contributed by atoms with Crippen molar-refractivity contribution >= 4 is 38.7 Å². The molecule has 154 valence electrons. The molecule has 3 atom stereocenters. The summed E-state index contributed by atoms with van der Waals surface area (Å²) in [4.78, 5) is 33.5. The second kappa shape index (κ2) is 6.21. The number of nitriles is 1. The largest absolute Gasteiger partial charge is 0.332 e. The minimum Gasteiger partial charge on any atom is -0.306 e. The van der Waals surface area contributed by atoms with Gasteiger partial charge in [-0.15, -0.1) is 0 Å². The van der Waals surface area contributed by atoms with E-state index in [0.29, 0.717) is 28.6 Å². The quantitative estimate of drug-likeness (QED) is 0.660. The van der Waals surface area contributed by atoms with Crippen LogP contribution in [0.25, 0.3) is 10.9 Å². The number of rotatable bonds is 3. The molecule has 2 bridgehead atoms. The Bertz CT molecular complexity index is 1250. The van der Waals surface area contributed by atoms with Gasteiger partial charge in [-0.3, -0.25) is 9.78 Å². The molecule has 3 aliphatic rings. The normalized spacial score (nSPS) is 26.1. The van der Waals surface area contributed by atoms with Gasteiger partial charge in [0.05, 0.1) is 22.8 Å². The van der Waals surface area contributed by atoms with Crippen molar-refractivity contribution < 1.29 is 18.0 Å². The van der Waals surface area contributed by atoms with Gasteiger partial charge in [0.2, 0.25) is 0 Å². The molecule has 3 saturated heterocycles. The smallest absolute Gasteiger partial charge is 0.306 e. The number of aromatic nitrogens is 1. The van der Waals surface area contributed by atoms with E-state index in [1.54, 1.807) is 24.4 Å². The lowest BCUT2D eigenvalue weighted by molar-refractivity contribution is -0.120. The molecule has 1 aromatic carbocycles. The van der Waals surface area contributed by atoms with Crippen molar-refractivity contribution in [3.63, 3.8) is 0 Å². The first-order chi connectivity index (χ1) is 14.3. The van der Waals surface area contributed by atoms with Crippen LogP contribution in [-0.4, -0.2) is 77.6 Å². The van der Waals surface area contributed by atoms with Crippen molar-refractivity contribution in [2.75, 3.05) is 25.5 Å². The highest BCUT2D eigenvalue weighted by Gasteiger charge is 2.64. The molecule has 0 radical (unpaired) electrons. The Morgan fingerprint density at radius 3 is 2.70 bits per heavy atom. The number of carbonyl (C=O) groups excluding carboxylic acids is 2. The van der Waals surface area contributed by atoms with Crippen LogP contribution in [0.2, 0.25) is 0 Å². The molecule has 2 aromatic rings. The van der Waals surface area contributed by atoms with Crippen LogP contribution in [0.4, 0.5) is 10.5 Å². The Balaban J connectivity index is 1.58. The van der Waals surface area contributed by atoms with Gasteiger partial charge in [-0.25, -0.2) is 9.69 Å². The lowest BCUT2D eigenvalue weighted by Gasteiger charge is -2.35. The van der Waals surface area contributed by atoms with E-state index in [1.807, 2.05) is 0 Å². The Morgan fingerprint density at radius 2 is 2.00 bits per heavy atom. The summed E-state index contributed by atoms with van der Waals surface area (Å²) in [6.45, 7) is 0.171. The van der Waals surface area contributed by atoms with Crippen LogP contribution in [-0.2, 0) is 15.0 Å². The van der Waals surface area contributed by atoms with Gasteiger partial charge >= 0.3 is 6.03 Å². The first kappa shape index (κ1) is 18.9. The van der Waals surface area contributed by atoms with E-state index in [0.717, 1.165) is 9.21 Å². The van der Waals surface area contributed by atoms with Crippen LogP contribution in [0.5, 0.6) is 0 Å². The van der Waals surface area contributed by atoms with Crippen LogP contribution in [0.15, 0.2) is 30.5 Å². The number of piperazine rings is 1. The van der Waals surface area contributed by atoms with Crippen LogP contribution < -0.4 is 4.90 Å². The van der Waals surface area contributed by atoms with Gasteiger partial charge < -0.3 is 4.90 Å². The fraction of sp³-hybridized carbons (Fsp3) is 0.368. The molecule has 1 unspecified atom stereocenters. The minimum absolute atomic E-state index is 0.171. The molecule has 3 fully saturated rings.